The molecule has 0 heterocycles. The van der Waals surface area contributed by atoms with E-state index in [1.807, 2.05) is 0 Å². The van der Waals surface area contributed by atoms with Gasteiger partial charge in [-0.05, 0) is 130 Å². The molecule has 4 rings (SSSR count). The van der Waals surface area contributed by atoms with E-state index in [9.17, 15) is 0 Å². The fraction of sp³-hybridized carbons (Fsp3) is 1.00. The zero-order valence-corrected chi connectivity index (χ0v) is 28.8. The van der Waals surface area contributed by atoms with Gasteiger partial charge in [0.1, 0.15) is 0 Å². The molecule has 0 spiro atoms. The highest BCUT2D eigenvalue weighted by molar-refractivity contribution is 5.09. The summed E-state index contributed by atoms with van der Waals surface area (Å²) in [5, 5.41) is 3.81. The van der Waals surface area contributed by atoms with Crippen LogP contribution in [0.5, 0.6) is 0 Å². The first-order valence-corrected chi connectivity index (χ1v) is 19.7. The van der Waals surface area contributed by atoms with E-state index in [4.69, 9.17) is 0 Å². The van der Waals surface area contributed by atoms with Crippen molar-refractivity contribution < 1.29 is 0 Å². The molecule has 0 aromatic heterocycles. The lowest BCUT2D eigenvalue weighted by Gasteiger charge is -2.61. The minimum Gasteiger partial charge on any atom is -0.317 e. The molecule has 1 nitrogen and oxygen atoms in total. The van der Waals surface area contributed by atoms with Crippen LogP contribution in [0, 0.1) is 46.3 Å². The van der Waals surface area contributed by atoms with Crippen molar-refractivity contribution in [2.45, 2.75) is 195 Å². The lowest BCUT2D eigenvalue weighted by atomic mass is 9.44. The molecule has 0 radical (unpaired) electrons. The van der Waals surface area contributed by atoms with Crippen LogP contribution in [-0.4, -0.2) is 13.1 Å². The van der Waals surface area contributed by atoms with Crippen LogP contribution in [0.2, 0.25) is 0 Å². The summed E-state index contributed by atoms with van der Waals surface area (Å²) in [6.07, 6.45) is 38.7. The number of fused-ring (bicyclic) bond motifs is 5. The van der Waals surface area contributed by atoms with Gasteiger partial charge in [-0.15, -0.1) is 0 Å². The average Bonchev–Trinajstić information content (AvgIpc) is 3.33. The molecule has 8 atom stereocenters. The van der Waals surface area contributed by atoms with Crippen molar-refractivity contribution in [3.63, 3.8) is 0 Å². The summed E-state index contributed by atoms with van der Waals surface area (Å²) in [6.45, 7) is 13.0. The van der Waals surface area contributed by atoms with E-state index in [1.165, 1.54) is 135 Å². The Labute approximate surface area is 258 Å². The number of rotatable bonds is 20. The molecule has 0 amide bonds. The molecule has 7 unspecified atom stereocenters. The zero-order valence-electron chi connectivity index (χ0n) is 28.8. The van der Waals surface area contributed by atoms with Gasteiger partial charge in [0.25, 0.3) is 0 Å². The summed E-state index contributed by atoms with van der Waals surface area (Å²) in [5.74, 6) is 6.16. The number of unbranched alkanes of at least 4 members (excludes halogenated alkanes) is 13. The van der Waals surface area contributed by atoms with Crippen LogP contribution >= 0.6 is 0 Å². The van der Waals surface area contributed by atoms with Gasteiger partial charge in [-0.2, -0.15) is 0 Å². The lowest BCUT2D eigenvalue weighted by Crippen LogP contribution is -2.53. The minimum atomic E-state index is 0.653. The van der Waals surface area contributed by atoms with Gasteiger partial charge in [-0.25, -0.2) is 0 Å². The maximum Gasteiger partial charge on any atom is -0.00488 e. The summed E-state index contributed by atoms with van der Waals surface area (Å²) in [4.78, 5) is 0. The van der Waals surface area contributed by atoms with Gasteiger partial charge in [0, 0.05) is 0 Å². The molecule has 4 fully saturated rings. The quantitative estimate of drug-likeness (QED) is 0.144. The summed E-state index contributed by atoms with van der Waals surface area (Å²) in [6, 6.07) is 0. The zero-order chi connectivity index (χ0) is 29.0. The fourth-order valence-corrected chi connectivity index (χ4v) is 11.6. The van der Waals surface area contributed by atoms with E-state index in [-0.39, 0.29) is 0 Å². The maximum atomic E-state index is 3.81. The highest BCUT2D eigenvalue weighted by Crippen LogP contribution is 2.68. The van der Waals surface area contributed by atoms with Crippen molar-refractivity contribution in [3.05, 3.63) is 0 Å². The molecule has 0 aliphatic heterocycles. The predicted molar refractivity (Wildman–Crippen MR) is 181 cm³/mol. The van der Waals surface area contributed by atoms with Crippen LogP contribution in [0.25, 0.3) is 0 Å². The Kier molecular flexibility index (Phi) is 14.4. The molecule has 4 aliphatic carbocycles. The van der Waals surface area contributed by atoms with Crippen molar-refractivity contribution in [2.24, 2.45) is 46.3 Å². The Morgan fingerprint density at radius 2 is 1.20 bits per heavy atom. The molecule has 1 heteroatoms. The third-order valence-corrected chi connectivity index (χ3v) is 14.1. The van der Waals surface area contributed by atoms with Crippen LogP contribution in [0.4, 0.5) is 0 Å². The Morgan fingerprint density at radius 3 is 1.88 bits per heavy atom. The van der Waals surface area contributed by atoms with Gasteiger partial charge < -0.3 is 5.32 Å². The molecular weight excluding hydrogens is 494 g/mol. The largest absolute Gasteiger partial charge is 0.317 e. The number of nitrogens with one attached hydrogen (secondary N) is 1. The lowest BCUT2D eigenvalue weighted by molar-refractivity contribution is -0.114. The Morgan fingerprint density at radius 1 is 0.585 bits per heavy atom. The Bertz CT molecular complexity index is 701. The summed E-state index contributed by atoms with van der Waals surface area (Å²) >= 11 is 0. The van der Waals surface area contributed by atoms with Gasteiger partial charge in [-0.3, -0.25) is 0 Å². The van der Waals surface area contributed by atoms with Crippen LogP contribution in [-0.2, 0) is 0 Å². The average molecular weight is 570 g/mol. The standard InChI is InChI=1S/C40H75N/c1-5-6-7-8-9-10-11-12-13-14-15-16-17-20-31-41-32-21-22-33(2)36-26-27-37-35-25-24-34-23-18-19-29-39(34,3)38(35)28-30-40(36,37)4/h33-38,41H,5-32H2,1-4H3/t33-,34?,35?,36?,37?,38?,39?,40?/m1/s1. The van der Waals surface area contributed by atoms with Crippen molar-refractivity contribution in [2.75, 3.05) is 13.1 Å². The molecule has 4 saturated carbocycles. The Hall–Kier alpha value is -0.0400. The Balaban J connectivity index is 1.01. The van der Waals surface area contributed by atoms with Crippen LogP contribution in [0.15, 0.2) is 0 Å². The first-order chi connectivity index (χ1) is 20.0. The summed E-state index contributed by atoms with van der Waals surface area (Å²) in [5.41, 5.74) is 1.35. The third kappa shape index (κ3) is 9.01. The number of hydrogen-bond donors (Lipinski definition) is 1. The minimum absolute atomic E-state index is 0.653. The molecule has 0 aromatic rings. The molecule has 240 valence electrons. The second kappa shape index (κ2) is 17.4. The van der Waals surface area contributed by atoms with E-state index in [0.29, 0.717) is 10.8 Å². The van der Waals surface area contributed by atoms with Crippen molar-refractivity contribution >= 4 is 0 Å². The van der Waals surface area contributed by atoms with E-state index in [0.717, 1.165) is 35.5 Å². The van der Waals surface area contributed by atoms with E-state index < -0.39 is 0 Å². The van der Waals surface area contributed by atoms with E-state index in [1.54, 1.807) is 44.9 Å². The summed E-state index contributed by atoms with van der Waals surface area (Å²) < 4.78 is 0. The maximum absolute atomic E-state index is 3.81. The molecule has 4 aliphatic rings. The van der Waals surface area contributed by atoms with E-state index >= 15 is 0 Å². The highest BCUT2D eigenvalue weighted by Gasteiger charge is 2.60. The molecule has 41 heavy (non-hydrogen) atoms. The monoisotopic (exact) mass is 570 g/mol. The van der Waals surface area contributed by atoms with Gasteiger partial charge >= 0.3 is 0 Å². The van der Waals surface area contributed by atoms with Crippen LogP contribution < -0.4 is 5.32 Å². The van der Waals surface area contributed by atoms with E-state index in [2.05, 4.69) is 33.0 Å². The second-order valence-electron chi connectivity index (χ2n) is 16.6. The first-order valence-electron chi connectivity index (χ1n) is 19.7. The smallest absolute Gasteiger partial charge is 0.00488 e. The van der Waals surface area contributed by atoms with Gasteiger partial charge in [0.15, 0.2) is 0 Å². The fourth-order valence-electron chi connectivity index (χ4n) is 11.6. The van der Waals surface area contributed by atoms with Gasteiger partial charge in [0.2, 0.25) is 0 Å². The molecule has 0 saturated heterocycles. The molecular formula is C40H75N. The predicted octanol–water partition coefficient (Wildman–Crippen LogP) is 12.5. The SMILES string of the molecule is CCCCCCCCCCCCCCCCNCCC[C@@H](C)C1CCC2C3CCC4CCCCC4(C)C3CCC21C. The molecule has 1 N–H and O–H groups in total. The third-order valence-electron chi connectivity index (χ3n) is 14.1. The molecule has 0 aromatic carbocycles. The van der Waals surface area contributed by atoms with Crippen molar-refractivity contribution in [1.29, 1.82) is 0 Å². The van der Waals surface area contributed by atoms with Gasteiger partial charge in [-0.1, -0.05) is 124 Å². The highest BCUT2D eigenvalue weighted by atomic mass is 14.8. The normalized spacial score (nSPS) is 35.6. The topological polar surface area (TPSA) is 12.0 Å². The van der Waals surface area contributed by atoms with Crippen molar-refractivity contribution in [3.8, 4) is 0 Å². The summed E-state index contributed by atoms with van der Waals surface area (Å²) in [7, 11) is 0. The second-order valence-corrected chi connectivity index (χ2v) is 16.6. The van der Waals surface area contributed by atoms with Crippen molar-refractivity contribution in [1.82, 2.24) is 5.32 Å². The van der Waals surface area contributed by atoms with Crippen LogP contribution in [0.3, 0.4) is 0 Å². The number of hydrogen-bond acceptors (Lipinski definition) is 1. The van der Waals surface area contributed by atoms with Crippen LogP contribution in [0.1, 0.15) is 195 Å². The molecule has 0 bridgehead atoms. The first kappa shape index (κ1) is 33.8. The van der Waals surface area contributed by atoms with Gasteiger partial charge in [0.05, 0.1) is 0 Å².